The highest BCUT2D eigenvalue weighted by atomic mass is 79.9. The number of nitrogens with one attached hydrogen (secondary N) is 1. The highest BCUT2D eigenvalue weighted by molar-refractivity contribution is 9.10. The van der Waals surface area contributed by atoms with Gasteiger partial charge in [0.15, 0.2) is 11.6 Å². The van der Waals surface area contributed by atoms with Gasteiger partial charge < -0.3 is 14.8 Å². The summed E-state index contributed by atoms with van der Waals surface area (Å²) in [6.07, 6.45) is 0. The molecule has 116 valence electrons. The Hall–Kier alpha value is -2.15. The predicted molar refractivity (Wildman–Crippen MR) is 81.6 cm³/mol. The van der Waals surface area contributed by atoms with E-state index in [1.807, 2.05) is 0 Å². The Balaban J connectivity index is 2.31. The summed E-state index contributed by atoms with van der Waals surface area (Å²) in [5.41, 5.74) is 0.395. The van der Waals surface area contributed by atoms with Crippen LogP contribution >= 0.6 is 15.9 Å². The molecule has 0 aliphatic rings. The standard InChI is InChI=1S/C15H12BrF2NO3/c1-21-12-5-8(6-13(22-2)14(12)16)15(20)19-9-3-4-10(17)11(18)7-9/h3-7H,1-2H3,(H,19,20). The number of hydrogen-bond donors (Lipinski definition) is 1. The van der Waals surface area contributed by atoms with Gasteiger partial charge >= 0.3 is 0 Å². The smallest absolute Gasteiger partial charge is 0.255 e. The van der Waals surface area contributed by atoms with E-state index in [2.05, 4.69) is 21.2 Å². The van der Waals surface area contributed by atoms with Crippen LogP contribution in [0.3, 0.4) is 0 Å². The lowest BCUT2D eigenvalue weighted by Gasteiger charge is -2.12. The third-order valence-electron chi connectivity index (χ3n) is 2.89. The molecular formula is C15H12BrF2NO3. The summed E-state index contributed by atoms with van der Waals surface area (Å²) in [5, 5.41) is 2.48. The first-order valence-corrected chi connectivity index (χ1v) is 6.93. The van der Waals surface area contributed by atoms with Crippen molar-refractivity contribution in [3.8, 4) is 11.5 Å². The molecule has 0 aliphatic heterocycles. The van der Waals surface area contributed by atoms with Crippen molar-refractivity contribution < 1.29 is 23.0 Å². The van der Waals surface area contributed by atoms with E-state index in [0.29, 0.717) is 16.0 Å². The van der Waals surface area contributed by atoms with Crippen LogP contribution in [-0.2, 0) is 0 Å². The molecule has 1 N–H and O–H groups in total. The lowest BCUT2D eigenvalue weighted by atomic mass is 10.1. The van der Waals surface area contributed by atoms with Crippen LogP contribution in [0.25, 0.3) is 0 Å². The molecule has 0 atom stereocenters. The van der Waals surface area contributed by atoms with Crippen LogP contribution in [0.5, 0.6) is 11.5 Å². The van der Waals surface area contributed by atoms with Gasteiger partial charge in [-0.05, 0) is 40.2 Å². The third-order valence-corrected chi connectivity index (χ3v) is 3.67. The van der Waals surface area contributed by atoms with E-state index in [-0.39, 0.29) is 11.3 Å². The zero-order chi connectivity index (χ0) is 16.3. The van der Waals surface area contributed by atoms with Crippen molar-refractivity contribution >= 4 is 27.5 Å². The molecule has 0 aliphatic carbocycles. The maximum absolute atomic E-state index is 13.1. The number of carbonyl (C=O) groups is 1. The van der Waals surface area contributed by atoms with Crippen molar-refractivity contribution in [3.05, 3.63) is 52.0 Å². The third kappa shape index (κ3) is 3.36. The summed E-state index contributed by atoms with van der Waals surface area (Å²) in [6, 6.07) is 6.11. The van der Waals surface area contributed by atoms with Crippen LogP contribution in [0.4, 0.5) is 14.5 Å². The molecule has 0 radical (unpaired) electrons. The van der Waals surface area contributed by atoms with Gasteiger partial charge in [0.25, 0.3) is 5.91 Å². The van der Waals surface area contributed by atoms with Crippen molar-refractivity contribution in [2.45, 2.75) is 0 Å². The van der Waals surface area contributed by atoms with Gasteiger partial charge in [0, 0.05) is 17.3 Å². The summed E-state index contributed by atoms with van der Waals surface area (Å²) >= 11 is 3.30. The highest BCUT2D eigenvalue weighted by Crippen LogP contribution is 2.35. The number of amides is 1. The molecule has 2 rings (SSSR count). The molecule has 1 amide bonds. The van der Waals surface area contributed by atoms with Crippen molar-refractivity contribution in [2.75, 3.05) is 19.5 Å². The summed E-state index contributed by atoms with van der Waals surface area (Å²) in [6.45, 7) is 0. The molecule has 0 aromatic heterocycles. The van der Waals surface area contributed by atoms with Gasteiger partial charge in [0.05, 0.1) is 14.2 Å². The molecule has 0 bridgehead atoms. The maximum Gasteiger partial charge on any atom is 0.255 e. The first-order chi connectivity index (χ1) is 10.5. The van der Waals surface area contributed by atoms with E-state index in [0.717, 1.165) is 12.1 Å². The largest absolute Gasteiger partial charge is 0.495 e. The van der Waals surface area contributed by atoms with Crippen molar-refractivity contribution in [2.24, 2.45) is 0 Å². The fourth-order valence-corrected chi connectivity index (χ4v) is 2.33. The Labute approximate surface area is 134 Å². The Bertz CT molecular complexity index is 697. The fourth-order valence-electron chi connectivity index (χ4n) is 1.78. The molecule has 0 unspecified atom stereocenters. The van der Waals surface area contributed by atoms with Gasteiger partial charge in [-0.15, -0.1) is 0 Å². The Morgan fingerprint density at radius 3 is 2.14 bits per heavy atom. The topological polar surface area (TPSA) is 47.6 Å². The molecule has 4 nitrogen and oxygen atoms in total. The van der Waals surface area contributed by atoms with E-state index in [1.165, 1.54) is 32.4 Å². The Morgan fingerprint density at radius 2 is 1.64 bits per heavy atom. The minimum Gasteiger partial charge on any atom is -0.495 e. The quantitative estimate of drug-likeness (QED) is 0.883. The monoisotopic (exact) mass is 371 g/mol. The number of carbonyl (C=O) groups excluding carboxylic acids is 1. The summed E-state index contributed by atoms with van der Waals surface area (Å²) < 4.78 is 36.9. The maximum atomic E-state index is 13.1. The highest BCUT2D eigenvalue weighted by Gasteiger charge is 2.15. The summed E-state index contributed by atoms with van der Waals surface area (Å²) in [5.74, 6) is -1.70. The van der Waals surface area contributed by atoms with Gasteiger partial charge in [-0.2, -0.15) is 0 Å². The van der Waals surface area contributed by atoms with E-state index in [1.54, 1.807) is 0 Å². The number of benzene rings is 2. The van der Waals surface area contributed by atoms with E-state index in [4.69, 9.17) is 9.47 Å². The lowest BCUT2D eigenvalue weighted by Crippen LogP contribution is -2.12. The van der Waals surface area contributed by atoms with Gasteiger partial charge in [-0.1, -0.05) is 0 Å². The van der Waals surface area contributed by atoms with Crippen LogP contribution < -0.4 is 14.8 Å². The number of ether oxygens (including phenoxy) is 2. The molecule has 2 aromatic carbocycles. The van der Waals surface area contributed by atoms with Crippen molar-refractivity contribution in [1.82, 2.24) is 0 Å². The number of methoxy groups -OCH3 is 2. The van der Waals surface area contributed by atoms with Gasteiger partial charge in [0.1, 0.15) is 16.0 Å². The SMILES string of the molecule is COc1cc(C(=O)Nc2ccc(F)c(F)c2)cc(OC)c1Br. The minimum absolute atomic E-state index is 0.143. The van der Waals surface area contributed by atoms with E-state index in [9.17, 15) is 13.6 Å². The van der Waals surface area contributed by atoms with Crippen molar-refractivity contribution in [3.63, 3.8) is 0 Å². The normalized spacial score (nSPS) is 10.2. The van der Waals surface area contributed by atoms with E-state index < -0.39 is 17.5 Å². The molecule has 0 saturated carbocycles. The zero-order valence-corrected chi connectivity index (χ0v) is 13.3. The molecule has 0 heterocycles. The number of hydrogen-bond acceptors (Lipinski definition) is 3. The molecule has 7 heteroatoms. The molecule has 0 fully saturated rings. The van der Waals surface area contributed by atoms with Crippen LogP contribution in [0.2, 0.25) is 0 Å². The first kappa shape index (κ1) is 16.2. The van der Waals surface area contributed by atoms with E-state index >= 15 is 0 Å². The predicted octanol–water partition coefficient (Wildman–Crippen LogP) is 4.00. The lowest BCUT2D eigenvalue weighted by molar-refractivity contribution is 0.102. The molecule has 22 heavy (non-hydrogen) atoms. The van der Waals surface area contributed by atoms with Gasteiger partial charge in [-0.25, -0.2) is 8.78 Å². The Morgan fingerprint density at radius 1 is 1.05 bits per heavy atom. The average molecular weight is 372 g/mol. The molecule has 2 aromatic rings. The Kier molecular flexibility index (Phi) is 4.97. The second-order valence-electron chi connectivity index (χ2n) is 4.28. The summed E-state index contributed by atoms with van der Waals surface area (Å²) in [4.78, 5) is 12.2. The first-order valence-electron chi connectivity index (χ1n) is 6.14. The number of halogens is 3. The van der Waals surface area contributed by atoms with Crippen molar-refractivity contribution in [1.29, 1.82) is 0 Å². The van der Waals surface area contributed by atoms with Crippen LogP contribution in [0, 0.1) is 11.6 Å². The molecule has 0 spiro atoms. The molecular weight excluding hydrogens is 360 g/mol. The van der Waals surface area contributed by atoms with Crippen LogP contribution in [0.1, 0.15) is 10.4 Å². The minimum atomic E-state index is -1.04. The van der Waals surface area contributed by atoms with Crippen LogP contribution in [0.15, 0.2) is 34.8 Å². The average Bonchev–Trinajstić information content (AvgIpc) is 2.51. The fraction of sp³-hybridized carbons (Fsp3) is 0.133. The number of rotatable bonds is 4. The molecule has 0 saturated heterocycles. The zero-order valence-electron chi connectivity index (χ0n) is 11.7. The number of anilines is 1. The summed E-state index contributed by atoms with van der Waals surface area (Å²) in [7, 11) is 2.91. The van der Waals surface area contributed by atoms with Crippen LogP contribution in [-0.4, -0.2) is 20.1 Å². The van der Waals surface area contributed by atoms with Gasteiger partial charge in [0.2, 0.25) is 0 Å². The van der Waals surface area contributed by atoms with Gasteiger partial charge in [-0.3, -0.25) is 4.79 Å². The second-order valence-corrected chi connectivity index (χ2v) is 5.07. The second kappa shape index (κ2) is 6.74.